The van der Waals surface area contributed by atoms with Crippen molar-refractivity contribution in [1.82, 2.24) is 14.8 Å². The quantitative estimate of drug-likeness (QED) is 0.867. The minimum absolute atomic E-state index is 0.0649. The Hall–Kier alpha value is -2.43. The van der Waals surface area contributed by atoms with Crippen LogP contribution in [0.4, 0.5) is 5.69 Å². The first-order valence-corrected chi connectivity index (χ1v) is 6.73. The molecule has 1 aromatic carbocycles. The van der Waals surface area contributed by atoms with Gasteiger partial charge in [-0.1, -0.05) is 12.2 Å². The van der Waals surface area contributed by atoms with Gasteiger partial charge in [0.05, 0.1) is 5.69 Å². The molecule has 1 aliphatic carbocycles. The number of carbonyl (C=O) groups is 1. The van der Waals surface area contributed by atoms with Gasteiger partial charge in [-0.3, -0.25) is 4.79 Å². The Bertz CT molecular complexity index is 601. The van der Waals surface area contributed by atoms with Crippen molar-refractivity contribution >= 4 is 11.6 Å². The highest BCUT2D eigenvalue weighted by atomic mass is 16.1. The first-order valence-electron chi connectivity index (χ1n) is 6.73. The molecule has 5 nitrogen and oxygen atoms in total. The third kappa shape index (κ3) is 2.93. The molecule has 1 unspecified atom stereocenters. The average molecular weight is 268 g/mol. The summed E-state index contributed by atoms with van der Waals surface area (Å²) in [6.45, 7) is 0. The van der Waals surface area contributed by atoms with Crippen molar-refractivity contribution in [3.05, 3.63) is 49.1 Å². The largest absolute Gasteiger partial charge is 0.326 e. The zero-order valence-corrected chi connectivity index (χ0v) is 11.1. The van der Waals surface area contributed by atoms with Crippen molar-refractivity contribution < 1.29 is 4.79 Å². The Morgan fingerprint density at radius 3 is 2.85 bits per heavy atom. The fraction of sp³-hybridized carbons (Fsp3) is 0.267. The number of aromatic nitrogens is 3. The monoisotopic (exact) mass is 268 g/mol. The summed E-state index contributed by atoms with van der Waals surface area (Å²) in [5.41, 5.74) is 1.72. The summed E-state index contributed by atoms with van der Waals surface area (Å²) in [7, 11) is 0. The SMILES string of the molecule is O=C(CC1C=CCC1)Nc1ccc(-n2cncn2)cc1. The Morgan fingerprint density at radius 2 is 2.20 bits per heavy atom. The molecular formula is C15H16N4O. The Morgan fingerprint density at radius 1 is 1.35 bits per heavy atom. The Kier molecular flexibility index (Phi) is 3.58. The van der Waals surface area contributed by atoms with E-state index < -0.39 is 0 Å². The molecule has 0 saturated carbocycles. The molecule has 1 heterocycles. The van der Waals surface area contributed by atoms with Gasteiger partial charge in [-0.25, -0.2) is 9.67 Å². The van der Waals surface area contributed by atoms with Gasteiger partial charge in [-0.15, -0.1) is 0 Å². The van der Waals surface area contributed by atoms with Crippen LogP contribution in [0, 0.1) is 5.92 Å². The van der Waals surface area contributed by atoms with Crippen LogP contribution in [0.1, 0.15) is 19.3 Å². The lowest BCUT2D eigenvalue weighted by Gasteiger charge is -2.09. The van der Waals surface area contributed by atoms with Crippen LogP contribution in [0.25, 0.3) is 5.69 Å². The number of hydrogen-bond donors (Lipinski definition) is 1. The zero-order valence-electron chi connectivity index (χ0n) is 11.1. The fourth-order valence-electron chi connectivity index (χ4n) is 2.35. The van der Waals surface area contributed by atoms with Gasteiger partial charge in [-0.05, 0) is 43.0 Å². The van der Waals surface area contributed by atoms with Gasteiger partial charge in [-0.2, -0.15) is 5.10 Å². The lowest BCUT2D eigenvalue weighted by molar-refractivity contribution is -0.116. The summed E-state index contributed by atoms with van der Waals surface area (Å²) in [5, 5.41) is 6.98. The van der Waals surface area contributed by atoms with E-state index in [0.29, 0.717) is 12.3 Å². The molecule has 20 heavy (non-hydrogen) atoms. The van der Waals surface area contributed by atoms with Crippen LogP contribution in [0.3, 0.4) is 0 Å². The van der Waals surface area contributed by atoms with Gasteiger partial charge < -0.3 is 5.32 Å². The number of carbonyl (C=O) groups excluding carboxylic acids is 1. The molecule has 0 spiro atoms. The molecule has 3 rings (SSSR count). The maximum atomic E-state index is 11.9. The molecular weight excluding hydrogens is 252 g/mol. The number of amides is 1. The molecule has 1 amide bonds. The molecule has 5 heteroatoms. The van der Waals surface area contributed by atoms with Crippen LogP contribution in [0.5, 0.6) is 0 Å². The first kappa shape index (κ1) is 12.6. The van der Waals surface area contributed by atoms with Gasteiger partial charge in [0.1, 0.15) is 12.7 Å². The predicted molar refractivity (Wildman–Crippen MR) is 76.5 cm³/mol. The van der Waals surface area contributed by atoms with Crippen molar-refractivity contribution in [1.29, 1.82) is 0 Å². The highest BCUT2D eigenvalue weighted by Gasteiger charge is 2.13. The van der Waals surface area contributed by atoms with E-state index in [-0.39, 0.29) is 5.91 Å². The normalized spacial score (nSPS) is 17.3. The molecule has 0 aliphatic heterocycles. The van der Waals surface area contributed by atoms with E-state index in [1.54, 1.807) is 11.0 Å². The maximum Gasteiger partial charge on any atom is 0.224 e. The van der Waals surface area contributed by atoms with Crippen LogP contribution in [-0.4, -0.2) is 20.7 Å². The zero-order chi connectivity index (χ0) is 13.8. The van der Waals surface area contributed by atoms with E-state index >= 15 is 0 Å². The van der Waals surface area contributed by atoms with Crippen LogP contribution in [0.15, 0.2) is 49.1 Å². The number of nitrogens with zero attached hydrogens (tertiary/aromatic N) is 3. The summed E-state index contributed by atoms with van der Waals surface area (Å²) >= 11 is 0. The van der Waals surface area contributed by atoms with Crippen LogP contribution in [-0.2, 0) is 4.79 Å². The van der Waals surface area contributed by atoms with E-state index in [1.165, 1.54) is 6.33 Å². The molecule has 1 aromatic heterocycles. The first-order chi connectivity index (χ1) is 9.81. The standard InChI is InChI=1S/C15H16N4O/c20-15(9-12-3-1-2-4-12)18-13-5-7-14(8-6-13)19-11-16-10-17-19/h1,3,5-8,10-12H,2,4,9H2,(H,18,20). The van der Waals surface area contributed by atoms with Gasteiger partial charge >= 0.3 is 0 Å². The highest BCUT2D eigenvalue weighted by Crippen LogP contribution is 2.21. The Balaban J connectivity index is 1.60. The number of rotatable bonds is 4. The van der Waals surface area contributed by atoms with Crippen LogP contribution >= 0.6 is 0 Å². The number of allylic oxidation sites excluding steroid dienone is 2. The summed E-state index contributed by atoms with van der Waals surface area (Å²) in [5.74, 6) is 0.458. The molecule has 0 radical (unpaired) electrons. The van der Waals surface area contributed by atoms with Gasteiger partial charge in [0, 0.05) is 12.1 Å². The second kappa shape index (κ2) is 5.69. The van der Waals surface area contributed by atoms with E-state index in [4.69, 9.17) is 0 Å². The lowest BCUT2D eigenvalue weighted by atomic mass is 10.1. The molecule has 1 N–H and O–H groups in total. The minimum Gasteiger partial charge on any atom is -0.326 e. The second-order valence-electron chi connectivity index (χ2n) is 4.90. The lowest BCUT2D eigenvalue weighted by Crippen LogP contribution is -2.14. The van der Waals surface area contributed by atoms with E-state index in [1.807, 2.05) is 24.3 Å². The van der Waals surface area contributed by atoms with E-state index in [9.17, 15) is 4.79 Å². The van der Waals surface area contributed by atoms with Crippen molar-refractivity contribution in [2.75, 3.05) is 5.32 Å². The van der Waals surface area contributed by atoms with Crippen molar-refractivity contribution in [2.24, 2.45) is 5.92 Å². The predicted octanol–water partition coefficient (Wildman–Crippen LogP) is 2.56. The van der Waals surface area contributed by atoms with Crippen molar-refractivity contribution in [2.45, 2.75) is 19.3 Å². The molecule has 0 bridgehead atoms. The number of benzene rings is 1. The Labute approximate surface area is 117 Å². The third-order valence-electron chi connectivity index (χ3n) is 3.39. The summed E-state index contributed by atoms with van der Waals surface area (Å²) in [6, 6.07) is 7.55. The van der Waals surface area contributed by atoms with Crippen LogP contribution < -0.4 is 5.32 Å². The second-order valence-corrected chi connectivity index (χ2v) is 4.90. The van der Waals surface area contributed by atoms with E-state index in [0.717, 1.165) is 24.2 Å². The molecule has 0 saturated heterocycles. The van der Waals surface area contributed by atoms with Gasteiger partial charge in [0.2, 0.25) is 5.91 Å². The summed E-state index contributed by atoms with van der Waals surface area (Å²) in [4.78, 5) is 15.8. The molecule has 1 aliphatic rings. The minimum atomic E-state index is 0.0649. The van der Waals surface area contributed by atoms with Crippen molar-refractivity contribution in [3.63, 3.8) is 0 Å². The number of hydrogen-bond acceptors (Lipinski definition) is 3. The fourth-order valence-corrected chi connectivity index (χ4v) is 2.35. The van der Waals surface area contributed by atoms with E-state index in [2.05, 4.69) is 27.6 Å². The number of nitrogens with one attached hydrogen (secondary N) is 1. The molecule has 2 aromatic rings. The smallest absolute Gasteiger partial charge is 0.224 e. The number of anilines is 1. The molecule has 102 valence electrons. The van der Waals surface area contributed by atoms with Gasteiger partial charge in [0.15, 0.2) is 0 Å². The van der Waals surface area contributed by atoms with Gasteiger partial charge in [0.25, 0.3) is 0 Å². The molecule has 0 fully saturated rings. The average Bonchev–Trinajstić information content (AvgIpc) is 3.12. The maximum absolute atomic E-state index is 11.9. The summed E-state index contributed by atoms with van der Waals surface area (Å²) in [6.07, 6.45) is 10.1. The van der Waals surface area contributed by atoms with Crippen LogP contribution in [0.2, 0.25) is 0 Å². The summed E-state index contributed by atoms with van der Waals surface area (Å²) < 4.78 is 1.68. The third-order valence-corrected chi connectivity index (χ3v) is 3.39. The highest BCUT2D eigenvalue weighted by molar-refractivity contribution is 5.91. The molecule has 1 atom stereocenters. The topological polar surface area (TPSA) is 59.8 Å². The van der Waals surface area contributed by atoms with Crippen molar-refractivity contribution in [3.8, 4) is 5.69 Å².